The Labute approximate surface area is 203 Å². The molecule has 33 heavy (non-hydrogen) atoms. The highest BCUT2D eigenvalue weighted by Gasteiger charge is 2.13. The maximum Gasteiger partial charge on any atom is 0.152 e. The Morgan fingerprint density at radius 2 is 1.58 bits per heavy atom. The van der Waals surface area contributed by atoms with Crippen LogP contribution in [0.15, 0.2) is 54.6 Å². The molecule has 0 aliphatic carbocycles. The smallest absolute Gasteiger partial charge is 0.152 e. The van der Waals surface area contributed by atoms with Crippen molar-refractivity contribution < 1.29 is 15.5 Å². The van der Waals surface area contributed by atoms with Gasteiger partial charge in [0.1, 0.15) is 23.1 Å². The molecule has 1 aliphatic rings. The molecule has 3 N–H and O–H groups in total. The molecule has 3 aromatic rings. The van der Waals surface area contributed by atoms with Gasteiger partial charge in [0.2, 0.25) is 0 Å². The van der Waals surface area contributed by atoms with E-state index in [9.17, 15) is 9.32 Å². The Balaban J connectivity index is 0. The second-order valence-electron chi connectivity index (χ2n) is 6.00. The van der Waals surface area contributed by atoms with Gasteiger partial charge in [-0.1, -0.05) is 65.8 Å². The molecular weight excluding hydrogens is 434 g/mol. The number of aromatic hydroxyl groups is 1. The first-order valence-electron chi connectivity index (χ1n) is 11.3. The number of para-hydroxylation sites is 1. The van der Waals surface area contributed by atoms with Crippen molar-refractivity contribution in [2.45, 2.75) is 41.5 Å². The third kappa shape index (κ3) is 10.9. The lowest BCUT2D eigenvalue weighted by molar-refractivity contribution is 0.455. The molecule has 1 aromatic heterocycles. The van der Waals surface area contributed by atoms with Gasteiger partial charge in [-0.25, -0.2) is 4.98 Å². The van der Waals surface area contributed by atoms with E-state index >= 15 is 0 Å². The van der Waals surface area contributed by atoms with Gasteiger partial charge in [0.15, 0.2) is 5.82 Å². The Bertz CT molecular complexity index is 973. The van der Waals surface area contributed by atoms with Gasteiger partial charge in [-0.15, -0.1) is 0 Å². The molecule has 4 rings (SSSR count). The first kappa shape index (κ1) is 29.9. The summed E-state index contributed by atoms with van der Waals surface area (Å²) in [6.45, 7) is 12.8. The fourth-order valence-corrected chi connectivity index (χ4v) is 2.51. The maximum atomic E-state index is 9.98. The third-order valence-corrected chi connectivity index (χ3v) is 3.55. The molecular formula is C26H41N3O3S. The number of anilines is 1. The molecule has 1 aliphatic heterocycles. The number of nitrogens with one attached hydrogen (secondary N) is 2. The second-order valence-corrected chi connectivity index (χ2v) is 7.49. The van der Waals surface area contributed by atoms with Crippen LogP contribution in [0.3, 0.4) is 0 Å². The number of imidazole rings is 1. The average Bonchev–Trinajstić information content (AvgIpc) is 3.28. The third-order valence-electron chi connectivity index (χ3n) is 3.55. The quantitative estimate of drug-likeness (QED) is 0.369. The number of aromatic amines is 1. The molecule has 0 saturated heterocycles. The fourth-order valence-electron chi connectivity index (χ4n) is 2.51. The van der Waals surface area contributed by atoms with Gasteiger partial charge < -0.3 is 20.1 Å². The molecule has 0 radical (unpaired) electrons. The summed E-state index contributed by atoms with van der Waals surface area (Å²) in [7, 11) is -0.611. The fraction of sp³-hybridized carbons (Fsp3) is 0.346. The maximum absolute atomic E-state index is 9.98. The zero-order chi connectivity index (χ0) is 25.2. The largest absolute Gasteiger partial charge is 0.508 e. The molecule has 0 saturated carbocycles. The zero-order valence-electron chi connectivity index (χ0n) is 21.1. The van der Waals surface area contributed by atoms with Crippen molar-refractivity contribution in [1.82, 2.24) is 9.97 Å². The number of nitrogens with zero attached hydrogens (tertiary/aromatic N) is 1. The summed E-state index contributed by atoms with van der Waals surface area (Å²) in [6, 6.07) is 14.5. The Kier molecular flexibility index (Phi) is 15.9. The van der Waals surface area contributed by atoms with Crippen molar-refractivity contribution in [3.63, 3.8) is 0 Å². The highest BCUT2D eigenvalue weighted by Crippen LogP contribution is 2.32. The lowest BCUT2D eigenvalue weighted by Crippen LogP contribution is -2.03. The first-order chi connectivity index (χ1) is 16.0. The summed E-state index contributed by atoms with van der Waals surface area (Å²) in [4.78, 5) is 7.77. The number of phenolic OH excluding ortho intramolecular Hbond substituents is 1. The van der Waals surface area contributed by atoms with Gasteiger partial charge in [0, 0.05) is 42.9 Å². The van der Waals surface area contributed by atoms with E-state index in [1.54, 1.807) is 24.6 Å². The minimum Gasteiger partial charge on any atom is -0.508 e. The van der Waals surface area contributed by atoms with E-state index in [1.165, 1.54) is 0 Å². The second kappa shape index (κ2) is 17.5. The Morgan fingerprint density at radius 3 is 2.15 bits per heavy atom. The van der Waals surface area contributed by atoms with Gasteiger partial charge in [-0.05, 0) is 30.3 Å². The van der Waals surface area contributed by atoms with Crippen LogP contribution in [0.4, 0.5) is 5.82 Å². The van der Waals surface area contributed by atoms with E-state index in [4.69, 9.17) is 4.74 Å². The van der Waals surface area contributed by atoms with Crippen molar-refractivity contribution in [2.75, 3.05) is 24.4 Å². The van der Waals surface area contributed by atoms with E-state index in [1.807, 2.05) is 90.1 Å². The van der Waals surface area contributed by atoms with Crippen LogP contribution in [0.5, 0.6) is 17.2 Å². The van der Waals surface area contributed by atoms with Gasteiger partial charge in [0.25, 0.3) is 0 Å². The SMILES string of the molecule is CC.CC.CC.CS(C)=O.Oc1cc(Oc2ccccc2)cc(-c2nc3c([nH]2)C=CCN3)c1.[HH]. The summed E-state index contributed by atoms with van der Waals surface area (Å²) < 4.78 is 15.3. The highest BCUT2D eigenvalue weighted by molar-refractivity contribution is 7.83. The molecule has 2 heterocycles. The zero-order valence-corrected chi connectivity index (χ0v) is 21.9. The molecule has 2 aromatic carbocycles. The minimum atomic E-state index is -0.611. The monoisotopic (exact) mass is 475 g/mol. The van der Waals surface area contributed by atoms with Crippen LogP contribution in [-0.4, -0.2) is 38.3 Å². The summed E-state index contributed by atoms with van der Waals surface area (Å²) in [5, 5.41) is 13.2. The molecule has 0 atom stereocenters. The van der Waals surface area contributed by atoms with Gasteiger partial charge in [-0.3, -0.25) is 4.21 Å². The number of ether oxygens (including phenoxy) is 1. The minimum absolute atomic E-state index is 0. The van der Waals surface area contributed by atoms with Crippen LogP contribution in [0, 0.1) is 0 Å². The number of hydrogen-bond acceptors (Lipinski definition) is 5. The number of H-pyrrole nitrogens is 1. The van der Waals surface area contributed by atoms with Gasteiger partial charge >= 0.3 is 0 Å². The lowest BCUT2D eigenvalue weighted by atomic mass is 10.2. The predicted octanol–water partition coefficient (Wildman–Crippen LogP) is 7.33. The van der Waals surface area contributed by atoms with Crippen LogP contribution in [0.1, 0.15) is 48.7 Å². The standard InChI is InChI=1S/C18H15N3O2.C2H6OS.3C2H6.H2/c22-13-9-12(17-20-16-7-4-8-19-18(16)21-17)10-15(11-13)23-14-5-2-1-3-6-14;1-4(2)3;3*1-2;/h1-7,9-11,19,22H,8H2,(H,20,21);1-2H3;3*1-2H3;1H. The van der Waals surface area contributed by atoms with Crippen molar-refractivity contribution in [3.8, 4) is 28.6 Å². The molecule has 0 amide bonds. The topological polar surface area (TPSA) is 87.2 Å². The normalized spacial score (nSPS) is 10.3. The predicted molar refractivity (Wildman–Crippen MR) is 146 cm³/mol. The number of fused-ring (bicyclic) bond motifs is 1. The first-order valence-corrected chi connectivity index (χ1v) is 13.3. The van der Waals surface area contributed by atoms with E-state index in [0.29, 0.717) is 17.3 Å². The molecule has 184 valence electrons. The van der Waals surface area contributed by atoms with E-state index in [2.05, 4.69) is 15.3 Å². The van der Waals surface area contributed by atoms with Gasteiger partial charge in [0.05, 0.1) is 5.69 Å². The summed E-state index contributed by atoms with van der Waals surface area (Å²) >= 11 is 0. The molecule has 0 fully saturated rings. The van der Waals surface area contributed by atoms with Crippen LogP contribution < -0.4 is 10.1 Å². The van der Waals surface area contributed by atoms with Crippen LogP contribution in [-0.2, 0) is 10.8 Å². The number of aromatic nitrogens is 2. The molecule has 0 bridgehead atoms. The van der Waals surface area contributed by atoms with Crippen molar-refractivity contribution in [3.05, 3.63) is 60.3 Å². The lowest BCUT2D eigenvalue weighted by Gasteiger charge is -2.07. The van der Waals surface area contributed by atoms with Crippen molar-refractivity contribution >= 4 is 22.7 Å². The van der Waals surface area contributed by atoms with E-state index < -0.39 is 10.8 Å². The summed E-state index contributed by atoms with van der Waals surface area (Å²) in [5.74, 6) is 2.90. The number of hydrogen-bond donors (Lipinski definition) is 3. The molecule has 0 unspecified atom stereocenters. The number of phenols is 1. The van der Waals surface area contributed by atoms with Crippen LogP contribution >= 0.6 is 0 Å². The summed E-state index contributed by atoms with van der Waals surface area (Å²) in [5.41, 5.74) is 1.70. The van der Waals surface area contributed by atoms with E-state index in [0.717, 1.165) is 23.6 Å². The average molecular weight is 476 g/mol. The summed E-state index contributed by atoms with van der Waals surface area (Å²) in [6.07, 6.45) is 7.29. The molecule has 6 nitrogen and oxygen atoms in total. The molecule has 0 spiro atoms. The van der Waals surface area contributed by atoms with Crippen LogP contribution in [0.2, 0.25) is 0 Å². The van der Waals surface area contributed by atoms with Gasteiger partial charge in [-0.2, -0.15) is 0 Å². The van der Waals surface area contributed by atoms with Crippen molar-refractivity contribution in [1.29, 1.82) is 0 Å². The molecule has 7 heteroatoms. The highest BCUT2D eigenvalue weighted by atomic mass is 32.2. The number of rotatable bonds is 3. The Hall–Kier alpha value is -3.06. The van der Waals surface area contributed by atoms with Crippen molar-refractivity contribution in [2.24, 2.45) is 0 Å². The van der Waals surface area contributed by atoms with E-state index in [-0.39, 0.29) is 7.18 Å². The Morgan fingerprint density at radius 1 is 0.970 bits per heavy atom. The van der Waals surface area contributed by atoms with Crippen LogP contribution in [0.25, 0.3) is 17.5 Å². The number of benzene rings is 2.